The third-order valence-electron chi connectivity index (χ3n) is 3.19. The maximum atomic E-state index is 11.9. The first-order valence-corrected chi connectivity index (χ1v) is 7.64. The van der Waals surface area contributed by atoms with Crippen LogP contribution in [0.5, 0.6) is 0 Å². The molecule has 1 aromatic rings. The second kappa shape index (κ2) is 4.78. The second-order valence-corrected chi connectivity index (χ2v) is 6.45. The lowest BCUT2D eigenvalue weighted by atomic mass is 10.1. The fourth-order valence-corrected chi connectivity index (χ4v) is 3.51. The SMILES string of the molecule is CCc1cc(C2CCCN2S(=O)(=O)CC)on1. The third kappa shape index (κ3) is 2.37. The van der Waals surface area contributed by atoms with E-state index in [0.29, 0.717) is 12.3 Å². The zero-order valence-corrected chi connectivity index (χ0v) is 11.0. The molecule has 0 spiro atoms. The van der Waals surface area contributed by atoms with Gasteiger partial charge in [0, 0.05) is 12.6 Å². The normalized spacial score (nSPS) is 22.1. The third-order valence-corrected chi connectivity index (χ3v) is 5.07. The lowest BCUT2D eigenvalue weighted by Gasteiger charge is -2.20. The zero-order valence-electron chi connectivity index (χ0n) is 10.2. The van der Waals surface area contributed by atoms with Gasteiger partial charge in [-0.2, -0.15) is 4.31 Å². The van der Waals surface area contributed by atoms with Crippen LogP contribution in [-0.2, 0) is 16.4 Å². The highest BCUT2D eigenvalue weighted by molar-refractivity contribution is 7.89. The molecule has 1 aliphatic heterocycles. The number of nitrogens with zero attached hydrogens (tertiary/aromatic N) is 2. The van der Waals surface area contributed by atoms with Gasteiger partial charge in [-0.1, -0.05) is 12.1 Å². The van der Waals surface area contributed by atoms with Crippen molar-refractivity contribution in [3.05, 3.63) is 17.5 Å². The van der Waals surface area contributed by atoms with Crippen LogP contribution in [0.25, 0.3) is 0 Å². The van der Waals surface area contributed by atoms with Crippen LogP contribution in [0, 0.1) is 0 Å². The van der Waals surface area contributed by atoms with Crippen molar-refractivity contribution in [2.24, 2.45) is 0 Å². The van der Waals surface area contributed by atoms with E-state index in [2.05, 4.69) is 5.16 Å². The Hall–Kier alpha value is -0.880. The summed E-state index contributed by atoms with van der Waals surface area (Å²) in [5.74, 6) is 0.814. The first-order chi connectivity index (χ1) is 8.08. The van der Waals surface area contributed by atoms with Gasteiger partial charge >= 0.3 is 0 Å². The predicted molar refractivity (Wildman–Crippen MR) is 64.0 cm³/mol. The van der Waals surface area contributed by atoms with Gasteiger partial charge in [0.15, 0.2) is 5.76 Å². The Morgan fingerprint density at radius 2 is 2.29 bits per heavy atom. The highest BCUT2D eigenvalue weighted by Gasteiger charge is 2.36. The molecule has 0 radical (unpaired) electrons. The summed E-state index contributed by atoms with van der Waals surface area (Å²) in [6.07, 6.45) is 2.50. The molecule has 0 bridgehead atoms. The van der Waals surface area contributed by atoms with Crippen LogP contribution in [0.3, 0.4) is 0 Å². The summed E-state index contributed by atoms with van der Waals surface area (Å²) in [5.41, 5.74) is 0.876. The molecule has 6 heteroatoms. The first kappa shape index (κ1) is 12.6. The molecule has 0 aromatic carbocycles. The number of hydrogen-bond acceptors (Lipinski definition) is 4. The molecule has 1 unspecified atom stereocenters. The lowest BCUT2D eigenvalue weighted by molar-refractivity contribution is 0.297. The molecule has 0 N–H and O–H groups in total. The molecule has 1 fully saturated rings. The molecule has 1 saturated heterocycles. The number of aryl methyl sites for hydroxylation is 1. The van der Waals surface area contributed by atoms with Crippen molar-refractivity contribution in [2.45, 2.75) is 39.2 Å². The molecule has 2 rings (SSSR count). The van der Waals surface area contributed by atoms with Crippen molar-refractivity contribution in [3.63, 3.8) is 0 Å². The largest absolute Gasteiger partial charge is 0.359 e. The minimum absolute atomic E-state index is 0.137. The second-order valence-electron chi connectivity index (χ2n) is 4.24. The fraction of sp³-hybridized carbons (Fsp3) is 0.727. The van der Waals surface area contributed by atoms with Gasteiger partial charge < -0.3 is 4.52 Å². The summed E-state index contributed by atoms with van der Waals surface area (Å²) in [7, 11) is -3.15. The number of rotatable bonds is 4. The van der Waals surface area contributed by atoms with Crippen LogP contribution in [0.1, 0.15) is 44.2 Å². The van der Waals surface area contributed by atoms with Gasteiger partial charge in [-0.05, 0) is 26.2 Å². The molecule has 1 aliphatic rings. The average molecular weight is 258 g/mol. The lowest BCUT2D eigenvalue weighted by Crippen LogP contribution is -2.31. The van der Waals surface area contributed by atoms with E-state index < -0.39 is 10.0 Å². The van der Waals surface area contributed by atoms with Crippen molar-refractivity contribution in [3.8, 4) is 0 Å². The summed E-state index contributed by atoms with van der Waals surface area (Å²) in [4.78, 5) is 0. The van der Waals surface area contributed by atoms with E-state index in [0.717, 1.165) is 25.0 Å². The molecule has 2 heterocycles. The predicted octanol–water partition coefficient (Wildman–Crippen LogP) is 1.72. The van der Waals surface area contributed by atoms with Crippen LogP contribution in [0.2, 0.25) is 0 Å². The molecule has 0 amide bonds. The molecule has 0 aliphatic carbocycles. The van der Waals surface area contributed by atoms with E-state index >= 15 is 0 Å². The Bertz CT molecular complexity index is 481. The highest BCUT2D eigenvalue weighted by Crippen LogP contribution is 2.34. The molecule has 5 nitrogen and oxygen atoms in total. The number of sulfonamides is 1. The van der Waals surface area contributed by atoms with Crippen molar-refractivity contribution < 1.29 is 12.9 Å². The molecular formula is C11H18N2O3S. The van der Waals surface area contributed by atoms with Gasteiger partial charge in [0.25, 0.3) is 0 Å². The smallest absolute Gasteiger partial charge is 0.214 e. The number of aromatic nitrogens is 1. The number of hydrogen-bond donors (Lipinski definition) is 0. The highest BCUT2D eigenvalue weighted by atomic mass is 32.2. The summed E-state index contributed by atoms with van der Waals surface area (Å²) >= 11 is 0. The van der Waals surface area contributed by atoms with E-state index in [4.69, 9.17) is 4.52 Å². The van der Waals surface area contributed by atoms with Crippen LogP contribution in [0.4, 0.5) is 0 Å². The Balaban J connectivity index is 2.26. The Kier molecular flexibility index (Phi) is 3.53. The van der Waals surface area contributed by atoms with Gasteiger partial charge in [0.2, 0.25) is 10.0 Å². The average Bonchev–Trinajstić information content (AvgIpc) is 2.97. The molecule has 1 atom stereocenters. The fourth-order valence-electron chi connectivity index (χ4n) is 2.18. The molecule has 17 heavy (non-hydrogen) atoms. The zero-order chi connectivity index (χ0) is 12.5. The van der Waals surface area contributed by atoms with Crippen LogP contribution in [0.15, 0.2) is 10.6 Å². The van der Waals surface area contributed by atoms with E-state index in [9.17, 15) is 8.42 Å². The van der Waals surface area contributed by atoms with E-state index in [-0.39, 0.29) is 11.8 Å². The maximum Gasteiger partial charge on any atom is 0.214 e. The van der Waals surface area contributed by atoms with Gasteiger partial charge in [0.05, 0.1) is 17.5 Å². The van der Waals surface area contributed by atoms with Crippen molar-refractivity contribution in [1.82, 2.24) is 9.46 Å². The van der Waals surface area contributed by atoms with Crippen LogP contribution in [-0.4, -0.2) is 30.2 Å². The van der Waals surface area contributed by atoms with Crippen molar-refractivity contribution in [1.29, 1.82) is 0 Å². The topological polar surface area (TPSA) is 63.4 Å². The minimum atomic E-state index is -3.15. The van der Waals surface area contributed by atoms with E-state index in [1.165, 1.54) is 0 Å². The Labute approximate surface area is 102 Å². The summed E-state index contributed by atoms with van der Waals surface area (Å²) in [5, 5.41) is 3.93. The van der Waals surface area contributed by atoms with Gasteiger partial charge in [0.1, 0.15) is 0 Å². The summed E-state index contributed by atoms with van der Waals surface area (Å²) in [6.45, 7) is 4.25. The molecule has 1 aromatic heterocycles. The van der Waals surface area contributed by atoms with Gasteiger partial charge in [-0.15, -0.1) is 0 Å². The maximum absolute atomic E-state index is 11.9. The molecule has 0 saturated carbocycles. The Morgan fingerprint density at radius 3 is 2.88 bits per heavy atom. The minimum Gasteiger partial charge on any atom is -0.359 e. The molecular weight excluding hydrogens is 240 g/mol. The Morgan fingerprint density at radius 1 is 1.53 bits per heavy atom. The monoisotopic (exact) mass is 258 g/mol. The van der Waals surface area contributed by atoms with Gasteiger partial charge in [-0.3, -0.25) is 0 Å². The summed E-state index contributed by atoms with van der Waals surface area (Å²) in [6, 6.07) is 1.71. The van der Waals surface area contributed by atoms with Crippen LogP contribution >= 0.6 is 0 Å². The van der Waals surface area contributed by atoms with Gasteiger partial charge in [-0.25, -0.2) is 8.42 Å². The van der Waals surface area contributed by atoms with E-state index in [1.807, 2.05) is 13.0 Å². The standard InChI is InChI=1S/C11H18N2O3S/c1-3-9-8-11(16-12-9)10-6-5-7-13(10)17(14,15)4-2/h8,10H,3-7H2,1-2H3. The quantitative estimate of drug-likeness (QED) is 0.825. The molecule has 96 valence electrons. The van der Waals surface area contributed by atoms with Crippen LogP contribution < -0.4 is 0 Å². The van der Waals surface area contributed by atoms with Crippen molar-refractivity contribution in [2.75, 3.05) is 12.3 Å². The van der Waals surface area contributed by atoms with Crippen molar-refractivity contribution >= 4 is 10.0 Å². The van der Waals surface area contributed by atoms with E-state index in [1.54, 1.807) is 11.2 Å². The first-order valence-electron chi connectivity index (χ1n) is 6.03. The summed E-state index contributed by atoms with van der Waals surface area (Å²) < 4.78 is 30.7.